The lowest BCUT2D eigenvalue weighted by Gasteiger charge is -2.06. The van der Waals surface area contributed by atoms with Crippen LogP contribution in [0.4, 0.5) is 0 Å². The molecule has 0 amide bonds. The molecular weight excluding hydrogens is 311 g/mol. The van der Waals surface area contributed by atoms with E-state index in [0.29, 0.717) is 22.4 Å². The van der Waals surface area contributed by atoms with Crippen LogP contribution in [0.15, 0.2) is 14.3 Å². The first kappa shape index (κ1) is 12.4. The number of halogens is 2. The van der Waals surface area contributed by atoms with Crippen LogP contribution in [0.3, 0.4) is 0 Å². The van der Waals surface area contributed by atoms with E-state index < -0.39 is 11.2 Å². The quantitative estimate of drug-likeness (QED) is 0.657. The van der Waals surface area contributed by atoms with Gasteiger partial charge >= 0.3 is 5.69 Å². The van der Waals surface area contributed by atoms with E-state index in [1.165, 1.54) is 4.57 Å². The minimum Gasteiger partial charge on any atom is -0.311 e. The standard InChI is InChI=1S/C9H10BrClN4O2/c1-4(11)3-15-5-6(12-8(15)10)14(2)9(17)13-7(5)16/h4H,3H2,1-2H3,(H,13,16,17). The fourth-order valence-corrected chi connectivity index (χ4v) is 2.25. The van der Waals surface area contributed by atoms with Gasteiger partial charge in [0.15, 0.2) is 15.9 Å². The molecule has 6 nitrogen and oxygen atoms in total. The van der Waals surface area contributed by atoms with E-state index in [1.54, 1.807) is 11.6 Å². The Balaban J connectivity index is 2.87. The Morgan fingerprint density at radius 1 is 1.53 bits per heavy atom. The van der Waals surface area contributed by atoms with E-state index in [0.717, 1.165) is 0 Å². The Labute approximate surface area is 109 Å². The summed E-state index contributed by atoms with van der Waals surface area (Å²) in [5, 5.41) is -0.152. The van der Waals surface area contributed by atoms with Gasteiger partial charge in [0, 0.05) is 19.0 Å². The molecule has 1 N–H and O–H groups in total. The van der Waals surface area contributed by atoms with Crippen molar-refractivity contribution in [3.05, 3.63) is 25.6 Å². The predicted molar refractivity (Wildman–Crippen MR) is 68.6 cm³/mol. The highest BCUT2D eigenvalue weighted by molar-refractivity contribution is 9.10. The number of aryl methyl sites for hydroxylation is 1. The molecule has 2 rings (SSSR count). The molecule has 0 saturated carbocycles. The highest BCUT2D eigenvalue weighted by atomic mass is 79.9. The molecule has 1 unspecified atom stereocenters. The van der Waals surface area contributed by atoms with Crippen LogP contribution >= 0.6 is 27.5 Å². The third kappa shape index (κ3) is 2.04. The summed E-state index contributed by atoms with van der Waals surface area (Å²) < 4.78 is 3.41. The molecule has 8 heteroatoms. The van der Waals surface area contributed by atoms with Crippen molar-refractivity contribution in [1.29, 1.82) is 0 Å². The van der Waals surface area contributed by atoms with Gasteiger partial charge in [-0.2, -0.15) is 0 Å². The van der Waals surface area contributed by atoms with Crippen molar-refractivity contribution in [1.82, 2.24) is 19.1 Å². The lowest BCUT2D eigenvalue weighted by molar-refractivity contribution is 0.686. The van der Waals surface area contributed by atoms with Gasteiger partial charge in [0.2, 0.25) is 0 Å². The third-order valence-electron chi connectivity index (χ3n) is 2.39. The summed E-state index contributed by atoms with van der Waals surface area (Å²) >= 11 is 9.17. The van der Waals surface area contributed by atoms with E-state index in [1.807, 2.05) is 6.92 Å². The van der Waals surface area contributed by atoms with Gasteiger partial charge in [-0.25, -0.2) is 9.78 Å². The van der Waals surface area contributed by atoms with Crippen LogP contribution < -0.4 is 11.2 Å². The summed E-state index contributed by atoms with van der Waals surface area (Å²) in [4.78, 5) is 29.6. The van der Waals surface area contributed by atoms with E-state index in [-0.39, 0.29) is 5.38 Å². The van der Waals surface area contributed by atoms with Gasteiger partial charge in [-0.3, -0.25) is 14.3 Å². The van der Waals surface area contributed by atoms with Gasteiger partial charge in [-0.1, -0.05) is 0 Å². The molecule has 0 bridgehead atoms. The highest BCUT2D eigenvalue weighted by Gasteiger charge is 2.16. The summed E-state index contributed by atoms with van der Waals surface area (Å²) in [5.41, 5.74) is -0.272. The van der Waals surface area contributed by atoms with Gasteiger partial charge in [0.05, 0.1) is 0 Å². The van der Waals surface area contributed by atoms with Crippen molar-refractivity contribution in [3.8, 4) is 0 Å². The molecule has 0 spiro atoms. The molecule has 0 fully saturated rings. The van der Waals surface area contributed by atoms with Gasteiger partial charge in [0.25, 0.3) is 5.56 Å². The van der Waals surface area contributed by atoms with Crippen LogP contribution in [0.25, 0.3) is 11.2 Å². The average molecular weight is 322 g/mol. The highest BCUT2D eigenvalue weighted by Crippen LogP contribution is 2.17. The van der Waals surface area contributed by atoms with E-state index in [2.05, 4.69) is 25.9 Å². The number of H-pyrrole nitrogens is 1. The topological polar surface area (TPSA) is 72.7 Å². The zero-order valence-corrected chi connectivity index (χ0v) is 11.5. The molecule has 0 aliphatic rings. The Bertz CT molecular complexity index is 685. The molecule has 1 atom stereocenters. The predicted octanol–water partition coefficient (Wildman–Crippen LogP) is 0.813. The Morgan fingerprint density at radius 2 is 2.18 bits per heavy atom. The minimum atomic E-state index is -0.487. The van der Waals surface area contributed by atoms with Crippen LogP contribution in [0, 0.1) is 0 Å². The number of fused-ring (bicyclic) bond motifs is 1. The second-order valence-electron chi connectivity index (χ2n) is 3.76. The number of hydrogen-bond acceptors (Lipinski definition) is 3. The summed E-state index contributed by atoms with van der Waals surface area (Å²) in [7, 11) is 1.55. The fraction of sp³-hybridized carbons (Fsp3) is 0.444. The van der Waals surface area contributed by atoms with Gasteiger partial charge in [-0.05, 0) is 22.9 Å². The van der Waals surface area contributed by atoms with Crippen molar-refractivity contribution < 1.29 is 0 Å². The summed E-state index contributed by atoms with van der Waals surface area (Å²) in [6, 6.07) is 0. The summed E-state index contributed by atoms with van der Waals surface area (Å²) in [6.07, 6.45) is 0. The molecule has 2 heterocycles. The maximum Gasteiger partial charge on any atom is 0.329 e. The van der Waals surface area contributed by atoms with Gasteiger partial charge in [0.1, 0.15) is 0 Å². The first-order valence-electron chi connectivity index (χ1n) is 4.91. The third-order valence-corrected chi connectivity index (χ3v) is 3.14. The van der Waals surface area contributed by atoms with E-state index >= 15 is 0 Å². The average Bonchev–Trinajstić information content (AvgIpc) is 2.53. The number of hydrogen-bond donors (Lipinski definition) is 1. The number of alkyl halides is 1. The van der Waals surface area contributed by atoms with Crippen LogP contribution in [-0.4, -0.2) is 24.5 Å². The van der Waals surface area contributed by atoms with Crippen LogP contribution in [-0.2, 0) is 13.6 Å². The number of aromatic nitrogens is 4. The van der Waals surface area contributed by atoms with E-state index in [9.17, 15) is 9.59 Å². The van der Waals surface area contributed by atoms with Crippen LogP contribution in [0.5, 0.6) is 0 Å². The van der Waals surface area contributed by atoms with Gasteiger partial charge in [-0.15, -0.1) is 11.6 Å². The van der Waals surface area contributed by atoms with Crippen molar-refractivity contribution in [2.24, 2.45) is 7.05 Å². The second kappa shape index (κ2) is 4.30. The molecule has 92 valence electrons. The Kier molecular flexibility index (Phi) is 3.13. The molecule has 0 saturated heterocycles. The molecular formula is C9H10BrClN4O2. The van der Waals surface area contributed by atoms with Crippen LogP contribution in [0.2, 0.25) is 0 Å². The molecule has 17 heavy (non-hydrogen) atoms. The van der Waals surface area contributed by atoms with Crippen molar-refractivity contribution >= 4 is 38.7 Å². The fourth-order valence-electron chi connectivity index (χ4n) is 1.63. The SMILES string of the molecule is CC(Cl)Cn1c(Br)nc2c1c(=O)[nH]c(=O)n2C. The van der Waals surface area contributed by atoms with Crippen molar-refractivity contribution in [3.63, 3.8) is 0 Å². The van der Waals surface area contributed by atoms with Crippen LogP contribution in [0.1, 0.15) is 6.92 Å². The first-order chi connectivity index (χ1) is 7.91. The smallest absolute Gasteiger partial charge is 0.311 e. The lowest BCUT2D eigenvalue weighted by Crippen LogP contribution is -2.29. The van der Waals surface area contributed by atoms with Gasteiger partial charge < -0.3 is 4.57 Å². The van der Waals surface area contributed by atoms with Crippen molar-refractivity contribution in [2.75, 3.05) is 0 Å². The summed E-state index contributed by atoms with van der Waals surface area (Å²) in [6.45, 7) is 2.25. The first-order valence-corrected chi connectivity index (χ1v) is 6.14. The van der Waals surface area contributed by atoms with Crippen molar-refractivity contribution in [2.45, 2.75) is 18.8 Å². The summed E-state index contributed by atoms with van der Waals surface area (Å²) in [5.74, 6) is 0. The molecule has 0 aliphatic carbocycles. The number of imidazole rings is 1. The number of nitrogens with zero attached hydrogens (tertiary/aromatic N) is 3. The maximum absolute atomic E-state index is 11.8. The Morgan fingerprint density at radius 3 is 2.76 bits per heavy atom. The molecule has 2 aromatic rings. The lowest BCUT2D eigenvalue weighted by atomic mass is 10.4. The number of aromatic amines is 1. The molecule has 0 aliphatic heterocycles. The Hall–Kier alpha value is -1.08. The zero-order valence-electron chi connectivity index (χ0n) is 9.20. The second-order valence-corrected chi connectivity index (χ2v) is 5.22. The normalized spacial score (nSPS) is 13.2. The minimum absolute atomic E-state index is 0.152. The monoisotopic (exact) mass is 320 g/mol. The largest absolute Gasteiger partial charge is 0.329 e. The maximum atomic E-state index is 11.8. The number of rotatable bonds is 2. The zero-order chi connectivity index (χ0) is 12.7. The molecule has 0 radical (unpaired) electrons. The molecule has 0 aromatic carbocycles. The van der Waals surface area contributed by atoms with E-state index in [4.69, 9.17) is 11.6 Å². The molecule has 2 aromatic heterocycles. The number of nitrogens with one attached hydrogen (secondary N) is 1.